The molecule has 0 aliphatic heterocycles. The largest absolute Gasteiger partial charge is 0.462 e. The number of benzene rings is 1. The van der Waals surface area contributed by atoms with Gasteiger partial charge < -0.3 is 21.1 Å². The zero-order valence-corrected chi connectivity index (χ0v) is 24.5. The minimum Gasteiger partial charge on any atom is -0.462 e. The Hall–Kier alpha value is -2.94. The molecular weight excluding hydrogens is 522 g/mol. The zero-order valence-electron chi connectivity index (χ0n) is 23.7. The third-order valence-electron chi connectivity index (χ3n) is 6.20. The van der Waals surface area contributed by atoms with E-state index in [-0.39, 0.29) is 17.9 Å². The van der Waals surface area contributed by atoms with Crippen molar-refractivity contribution in [1.82, 2.24) is 5.32 Å². The first-order chi connectivity index (χ1) is 18.3. The van der Waals surface area contributed by atoms with Crippen molar-refractivity contribution >= 4 is 46.8 Å². The number of alkyl halides is 1. The molecule has 1 aromatic rings. The van der Waals surface area contributed by atoms with Crippen molar-refractivity contribution in [2.45, 2.75) is 96.8 Å². The van der Waals surface area contributed by atoms with E-state index in [1.807, 2.05) is 0 Å². The quantitative estimate of drug-likeness (QED) is 0.0923. The highest BCUT2D eigenvalue weighted by molar-refractivity contribution is 6.59. The number of rotatable bonds is 18. The Morgan fingerprint density at radius 3 is 2.00 bits per heavy atom. The Balaban J connectivity index is 2.69. The second-order valence-corrected chi connectivity index (χ2v) is 11.3. The number of primary amides is 1. The second kappa shape index (κ2) is 16.9. The molecule has 0 spiro atoms. The monoisotopic (exact) mass is 565 g/mol. The molecule has 218 valence electrons. The molecule has 0 saturated heterocycles. The highest BCUT2D eigenvalue weighted by Gasteiger charge is 2.54. The summed E-state index contributed by atoms with van der Waals surface area (Å²) in [6.45, 7) is 6.33. The highest BCUT2D eigenvalue weighted by atomic mass is 35.5. The average molecular weight is 566 g/mol. The summed E-state index contributed by atoms with van der Waals surface area (Å²) in [5.41, 5.74) is 4.20. The van der Waals surface area contributed by atoms with Crippen LogP contribution in [-0.4, -0.2) is 47.5 Å². The van der Waals surface area contributed by atoms with E-state index in [1.54, 1.807) is 0 Å². The van der Waals surface area contributed by atoms with E-state index in [1.165, 1.54) is 90.0 Å². The number of amides is 3. The van der Waals surface area contributed by atoms with Crippen LogP contribution in [0.4, 0.5) is 10.5 Å². The van der Waals surface area contributed by atoms with Crippen LogP contribution in [0.15, 0.2) is 24.3 Å². The van der Waals surface area contributed by atoms with Crippen LogP contribution in [0.25, 0.3) is 0 Å². The Labute approximate surface area is 236 Å². The van der Waals surface area contributed by atoms with E-state index >= 15 is 0 Å². The maximum atomic E-state index is 13.1. The fourth-order valence-electron chi connectivity index (χ4n) is 3.94. The third-order valence-corrected chi connectivity index (χ3v) is 6.76. The zero-order chi connectivity index (χ0) is 29.5. The molecule has 0 heterocycles. The molecule has 1 rings (SSSR count). The molecule has 0 aliphatic rings. The Morgan fingerprint density at radius 1 is 0.897 bits per heavy atom. The van der Waals surface area contributed by atoms with Gasteiger partial charge in [0.05, 0.1) is 18.7 Å². The molecule has 4 N–H and O–H groups in total. The molecule has 1 atom stereocenters. The number of carbonyl (C=O) groups excluding carboxylic acids is 5. The van der Waals surface area contributed by atoms with Gasteiger partial charge in [0, 0.05) is 11.1 Å². The predicted octanol–water partition coefficient (Wildman–Crippen LogP) is 5.53. The van der Waals surface area contributed by atoms with Gasteiger partial charge in [-0.1, -0.05) is 103 Å². The lowest BCUT2D eigenvalue weighted by atomic mass is 9.80. The van der Waals surface area contributed by atoms with Crippen LogP contribution in [0.5, 0.6) is 0 Å². The standard InChI is InChI=1S/C29H44ClN3O6/c1-5-6-7-8-9-10-11-12-13-14-18-39-24(35)21-16-15-17-22(19-21)33-26(37)29(30,25(36)28(2,3)4)23(34)20-32-27(31)38/h15-17,19H,5-14,18,20H2,1-4H3,(H,33,37)(H3,31,32,38). The van der Waals surface area contributed by atoms with Gasteiger partial charge in [-0.2, -0.15) is 0 Å². The summed E-state index contributed by atoms with van der Waals surface area (Å²) in [5.74, 6) is -3.53. The SMILES string of the molecule is CCCCCCCCCCCCOC(=O)c1cccc(NC(=O)C(Cl)(C(=O)CNC(N)=O)C(=O)C(C)(C)C)c1. The molecule has 0 fully saturated rings. The number of unbranched alkanes of at least 4 members (excludes halogenated alkanes) is 9. The summed E-state index contributed by atoms with van der Waals surface area (Å²) in [4.78, 5) is 59.9. The Morgan fingerprint density at radius 2 is 1.46 bits per heavy atom. The van der Waals surface area contributed by atoms with E-state index in [0.717, 1.165) is 19.3 Å². The highest BCUT2D eigenvalue weighted by Crippen LogP contribution is 2.31. The molecule has 0 aliphatic carbocycles. The van der Waals surface area contributed by atoms with Gasteiger partial charge in [0.15, 0.2) is 11.6 Å². The normalized spacial score (nSPS) is 12.7. The summed E-state index contributed by atoms with van der Waals surface area (Å²) in [7, 11) is 0. The van der Waals surface area contributed by atoms with E-state index < -0.39 is 46.3 Å². The molecule has 0 radical (unpaired) electrons. The molecule has 0 saturated carbocycles. The van der Waals surface area contributed by atoms with Crippen molar-refractivity contribution in [2.75, 3.05) is 18.5 Å². The van der Waals surface area contributed by atoms with Crippen molar-refractivity contribution in [1.29, 1.82) is 0 Å². The molecule has 3 amide bonds. The summed E-state index contributed by atoms with van der Waals surface area (Å²) >= 11 is 6.37. The fraction of sp³-hybridized carbons (Fsp3) is 0.621. The number of ketones is 2. The summed E-state index contributed by atoms with van der Waals surface area (Å²) in [6.07, 6.45) is 11.7. The minimum atomic E-state index is -2.62. The third kappa shape index (κ3) is 11.8. The van der Waals surface area contributed by atoms with Crippen molar-refractivity contribution in [3.63, 3.8) is 0 Å². The minimum absolute atomic E-state index is 0.149. The maximum absolute atomic E-state index is 13.1. The van der Waals surface area contributed by atoms with Crippen molar-refractivity contribution < 1.29 is 28.7 Å². The lowest BCUT2D eigenvalue weighted by molar-refractivity contribution is -0.140. The fourth-order valence-corrected chi connectivity index (χ4v) is 4.34. The Bertz CT molecular complexity index is 991. The molecule has 0 aromatic heterocycles. The number of anilines is 1. The van der Waals surface area contributed by atoms with Crippen LogP contribution in [0, 0.1) is 5.41 Å². The number of ether oxygens (including phenoxy) is 1. The first kappa shape index (κ1) is 34.1. The van der Waals surface area contributed by atoms with E-state index in [4.69, 9.17) is 22.1 Å². The number of esters is 1. The van der Waals surface area contributed by atoms with Crippen molar-refractivity contribution in [3.05, 3.63) is 29.8 Å². The number of urea groups is 1. The number of nitrogens with two attached hydrogens (primary N) is 1. The van der Waals surface area contributed by atoms with Gasteiger partial charge in [0.1, 0.15) is 0 Å². The van der Waals surface area contributed by atoms with Crippen molar-refractivity contribution in [2.24, 2.45) is 11.1 Å². The smallest absolute Gasteiger partial charge is 0.338 e. The molecule has 10 heteroatoms. The molecule has 0 bridgehead atoms. The van der Waals surface area contributed by atoms with Crippen molar-refractivity contribution in [3.8, 4) is 0 Å². The average Bonchev–Trinajstić information content (AvgIpc) is 2.88. The van der Waals surface area contributed by atoms with Gasteiger partial charge in [0.25, 0.3) is 5.91 Å². The number of hydrogen-bond donors (Lipinski definition) is 3. The summed E-state index contributed by atoms with van der Waals surface area (Å²) < 4.78 is 5.36. The van der Waals surface area contributed by atoms with Crippen LogP contribution >= 0.6 is 11.6 Å². The number of carbonyl (C=O) groups is 5. The van der Waals surface area contributed by atoms with E-state index in [0.29, 0.717) is 0 Å². The van der Waals surface area contributed by atoms with Crippen LogP contribution in [0.2, 0.25) is 0 Å². The number of nitrogens with one attached hydrogen (secondary N) is 2. The number of hydrogen-bond acceptors (Lipinski definition) is 6. The lowest BCUT2D eigenvalue weighted by Crippen LogP contribution is -2.58. The van der Waals surface area contributed by atoms with Crippen LogP contribution in [0.3, 0.4) is 0 Å². The molecule has 1 unspecified atom stereocenters. The van der Waals surface area contributed by atoms with Gasteiger partial charge in [-0.3, -0.25) is 14.4 Å². The number of halogens is 1. The molecule has 1 aromatic carbocycles. The van der Waals surface area contributed by atoms with Crippen LogP contribution < -0.4 is 16.4 Å². The summed E-state index contributed by atoms with van der Waals surface area (Å²) in [6, 6.07) is 4.93. The molecule has 39 heavy (non-hydrogen) atoms. The van der Waals surface area contributed by atoms with Gasteiger partial charge in [0.2, 0.25) is 4.87 Å². The van der Waals surface area contributed by atoms with E-state index in [2.05, 4.69) is 17.6 Å². The Kier molecular flexibility index (Phi) is 14.8. The van der Waals surface area contributed by atoms with Gasteiger partial charge in [-0.05, 0) is 24.6 Å². The van der Waals surface area contributed by atoms with Gasteiger partial charge in [-0.25, -0.2) is 9.59 Å². The second-order valence-electron chi connectivity index (χ2n) is 10.7. The van der Waals surface area contributed by atoms with Gasteiger partial charge in [-0.15, -0.1) is 0 Å². The number of Topliss-reactive ketones (excluding diaryl/α,β-unsaturated/α-hetero) is 2. The molecule has 9 nitrogen and oxygen atoms in total. The summed E-state index contributed by atoms with van der Waals surface area (Å²) in [5, 5.41) is 4.51. The lowest BCUT2D eigenvalue weighted by Gasteiger charge is -2.29. The molecular formula is C29H44ClN3O6. The first-order valence-corrected chi connectivity index (χ1v) is 14.1. The van der Waals surface area contributed by atoms with Crippen LogP contribution in [0.1, 0.15) is 102 Å². The first-order valence-electron chi connectivity index (χ1n) is 13.7. The van der Waals surface area contributed by atoms with Crippen LogP contribution in [-0.2, 0) is 19.1 Å². The predicted molar refractivity (Wildman–Crippen MR) is 153 cm³/mol. The van der Waals surface area contributed by atoms with E-state index in [9.17, 15) is 24.0 Å². The van der Waals surface area contributed by atoms with Gasteiger partial charge >= 0.3 is 12.0 Å². The maximum Gasteiger partial charge on any atom is 0.338 e. The topological polar surface area (TPSA) is 145 Å².